The van der Waals surface area contributed by atoms with Crippen molar-refractivity contribution < 1.29 is 8.42 Å². The zero-order valence-corrected chi connectivity index (χ0v) is 14.6. The van der Waals surface area contributed by atoms with Gasteiger partial charge in [0, 0.05) is 17.7 Å². The average molecular weight is 382 g/mol. The van der Waals surface area contributed by atoms with Gasteiger partial charge in [-0.3, -0.25) is 9.36 Å². The quantitative estimate of drug-likeness (QED) is 0.765. The van der Waals surface area contributed by atoms with E-state index in [9.17, 15) is 8.42 Å². The monoisotopic (exact) mass is 380 g/mol. The minimum atomic E-state index is -3.80. The van der Waals surface area contributed by atoms with Crippen LogP contribution in [0.4, 0.5) is 0 Å². The predicted molar refractivity (Wildman–Crippen MR) is 79.5 cm³/mol. The fraction of sp³-hybridized carbons (Fsp3) is 0.455. The fourth-order valence-corrected chi connectivity index (χ4v) is 4.16. The zero-order valence-electron chi connectivity index (χ0n) is 11.5. The van der Waals surface area contributed by atoms with Crippen molar-refractivity contribution in [3.05, 3.63) is 27.2 Å². The van der Waals surface area contributed by atoms with Gasteiger partial charge in [-0.05, 0) is 36.7 Å². The number of rotatable bonds is 3. The number of halogens is 2. The maximum atomic E-state index is 11.6. The number of hydrogen-bond acceptors (Lipinski definition) is 4. The van der Waals surface area contributed by atoms with Crippen LogP contribution in [0, 0.1) is 20.8 Å². The highest BCUT2D eigenvalue weighted by Gasteiger charge is 2.23. The molecule has 2 heterocycles. The van der Waals surface area contributed by atoms with E-state index < -0.39 is 9.05 Å². The molecular formula is C11H14BrClN4O2S. The van der Waals surface area contributed by atoms with E-state index in [1.807, 2.05) is 14.0 Å². The maximum absolute atomic E-state index is 11.6. The summed E-state index contributed by atoms with van der Waals surface area (Å²) in [4.78, 5) is 0.0779. The molecule has 6 nitrogen and oxygen atoms in total. The van der Waals surface area contributed by atoms with E-state index >= 15 is 0 Å². The summed E-state index contributed by atoms with van der Waals surface area (Å²) in [6.07, 6.45) is 0. The van der Waals surface area contributed by atoms with Gasteiger partial charge in [0.15, 0.2) is 0 Å². The van der Waals surface area contributed by atoms with Crippen LogP contribution in [-0.4, -0.2) is 28.0 Å². The molecule has 0 aliphatic heterocycles. The van der Waals surface area contributed by atoms with Crippen molar-refractivity contribution in [2.24, 2.45) is 7.05 Å². The summed E-state index contributed by atoms with van der Waals surface area (Å²) in [5.41, 5.74) is 2.69. The van der Waals surface area contributed by atoms with Crippen molar-refractivity contribution in [2.45, 2.75) is 32.2 Å². The molecule has 0 radical (unpaired) electrons. The number of aromatic nitrogens is 4. The number of aryl methyl sites for hydroxylation is 3. The van der Waals surface area contributed by atoms with Gasteiger partial charge in [0.1, 0.15) is 4.90 Å². The lowest BCUT2D eigenvalue weighted by molar-refractivity contribution is 0.597. The van der Waals surface area contributed by atoms with Crippen LogP contribution < -0.4 is 0 Å². The molecule has 9 heteroatoms. The highest BCUT2D eigenvalue weighted by molar-refractivity contribution is 9.10. The van der Waals surface area contributed by atoms with Gasteiger partial charge >= 0.3 is 0 Å². The van der Waals surface area contributed by atoms with E-state index in [0.29, 0.717) is 17.9 Å². The average Bonchev–Trinajstić information content (AvgIpc) is 2.70. The van der Waals surface area contributed by atoms with Crippen LogP contribution in [0.1, 0.15) is 22.8 Å². The van der Waals surface area contributed by atoms with Crippen LogP contribution >= 0.6 is 26.6 Å². The van der Waals surface area contributed by atoms with Crippen molar-refractivity contribution in [3.63, 3.8) is 0 Å². The second kappa shape index (κ2) is 5.16. The van der Waals surface area contributed by atoms with Crippen molar-refractivity contribution in [3.8, 4) is 0 Å². The number of hydrogen-bond donors (Lipinski definition) is 0. The standard InChI is InChI=1S/C11H14BrClN4O2S/c1-6-10(12)9(16(4)14-6)5-17-8(3)11(7(2)15-17)20(13,18)19/h5H2,1-4H3. The Morgan fingerprint density at radius 3 is 2.20 bits per heavy atom. The molecule has 0 N–H and O–H groups in total. The van der Waals surface area contributed by atoms with Gasteiger partial charge in [-0.25, -0.2) is 8.42 Å². The van der Waals surface area contributed by atoms with Crippen LogP contribution in [0.3, 0.4) is 0 Å². The van der Waals surface area contributed by atoms with Gasteiger partial charge in [0.2, 0.25) is 0 Å². The summed E-state index contributed by atoms with van der Waals surface area (Å²) >= 11 is 3.48. The van der Waals surface area contributed by atoms with Crippen molar-refractivity contribution in [1.82, 2.24) is 19.6 Å². The first-order valence-corrected chi connectivity index (χ1v) is 8.89. The molecule has 20 heavy (non-hydrogen) atoms. The van der Waals surface area contributed by atoms with Gasteiger partial charge in [-0.1, -0.05) is 0 Å². The largest absolute Gasteiger partial charge is 0.269 e. The Morgan fingerprint density at radius 1 is 1.20 bits per heavy atom. The SMILES string of the molecule is Cc1nn(C)c(Cn2nc(C)c(S(=O)(=O)Cl)c2C)c1Br. The molecular weight excluding hydrogens is 368 g/mol. The molecule has 0 unspecified atom stereocenters. The summed E-state index contributed by atoms with van der Waals surface area (Å²) in [5, 5.41) is 8.55. The molecule has 0 spiro atoms. The molecule has 0 bridgehead atoms. The molecule has 0 aliphatic carbocycles. The van der Waals surface area contributed by atoms with E-state index in [0.717, 1.165) is 15.9 Å². The van der Waals surface area contributed by atoms with Gasteiger partial charge in [-0.15, -0.1) is 0 Å². The topological polar surface area (TPSA) is 69.8 Å². The molecule has 0 amide bonds. The summed E-state index contributed by atoms with van der Waals surface area (Å²) in [5.74, 6) is 0. The Hall–Kier alpha value is -0.860. The van der Waals surface area contributed by atoms with Gasteiger partial charge in [0.05, 0.1) is 33.8 Å². The summed E-state index contributed by atoms with van der Waals surface area (Å²) in [7, 11) is 3.48. The molecule has 0 saturated carbocycles. The highest BCUT2D eigenvalue weighted by Crippen LogP contribution is 2.26. The summed E-state index contributed by atoms with van der Waals surface area (Å²) in [6.45, 7) is 5.62. The van der Waals surface area contributed by atoms with E-state index in [1.54, 1.807) is 23.2 Å². The van der Waals surface area contributed by atoms with E-state index in [1.165, 1.54) is 0 Å². The van der Waals surface area contributed by atoms with Gasteiger partial charge < -0.3 is 0 Å². The molecule has 110 valence electrons. The lowest BCUT2D eigenvalue weighted by Crippen LogP contribution is -2.09. The molecule has 0 aromatic carbocycles. The molecule has 2 aromatic heterocycles. The third-order valence-corrected chi connectivity index (χ3v) is 5.69. The molecule has 2 aromatic rings. The molecule has 0 saturated heterocycles. The Labute approximate surface area is 130 Å². The lowest BCUT2D eigenvalue weighted by atomic mass is 10.3. The van der Waals surface area contributed by atoms with Crippen LogP contribution in [0.2, 0.25) is 0 Å². The van der Waals surface area contributed by atoms with Gasteiger partial charge in [-0.2, -0.15) is 10.2 Å². The second-order valence-electron chi connectivity index (χ2n) is 4.57. The lowest BCUT2D eigenvalue weighted by Gasteiger charge is -2.06. The zero-order chi connectivity index (χ0) is 15.2. The Morgan fingerprint density at radius 2 is 1.80 bits per heavy atom. The normalized spacial score (nSPS) is 12.1. The minimum Gasteiger partial charge on any atom is -0.269 e. The highest BCUT2D eigenvalue weighted by atomic mass is 79.9. The third kappa shape index (κ3) is 2.64. The summed E-state index contributed by atoms with van der Waals surface area (Å²) < 4.78 is 27.4. The van der Waals surface area contributed by atoms with Crippen LogP contribution in [0.5, 0.6) is 0 Å². The smallest absolute Gasteiger partial charge is 0.264 e. The molecule has 0 fully saturated rings. The van der Waals surface area contributed by atoms with Gasteiger partial charge in [0.25, 0.3) is 9.05 Å². The van der Waals surface area contributed by atoms with Crippen molar-refractivity contribution >= 4 is 35.7 Å². The first-order chi connectivity index (χ1) is 9.12. The van der Waals surface area contributed by atoms with E-state index in [-0.39, 0.29) is 4.90 Å². The first-order valence-electron chi connectivity index (χ1n) is 5.79. The third-order valence-electron chi connectivity index (χ3n) is 3.12. The molecule has 2 rings (SSSR count). The summed E-state index contributed by atoms with van der Waals surface area (Å²) in [6, 6.07) is 0. The Bertz CT molecular complexity index is 779. The molecule has 0 atom stereocenters. The van der Waals surface area contributed by atoms with E-state index in [2.05, 4.69) is 26.1 Å². The van der Waals surface area contributed by atoms with Crippen molar-refractivity contribution in [1.29, 1.82) is 0 Å². The maximum Gasteiger partial charge on any atom is 0.264 e. The molecule has 0 aliphatic rings. The van der Waals surface area contributed by atoms with Crippen LogP contribution in [0.25, 0.3) is 0 Å². The predicted octanol–water partition coefficient (Wildman–Crippen LogP) is 2.28. The fourth-order valence-electron chi connectivity index (χ4n) is 2.18. The van der Waals surface area contributed by atoms with E-state index in [4.69, 9.17) is 10.7 Å². The van der Waals surface area contributed by atoms with Crippen LogP contribution in [0.15, 0.2) is 9.37 Å². The Kier molecular flexibility index (Phi) is 4.01. The second-order valence-corrected chi connectivity index (χ2v) is 7.86. The Balaban J connectivity index is 2.51. The minimum absolute atomic E-state index is 0.0779. The first kappa shape index (κ1) is 15.5. The van der Waals surface area contributed by atoms with Crippen LogP contribution in [-0.2, 0) is 22.6 Å². The van der Waals surface area contributed by atoms with Crippen molar-refractivity contribution in [2.75, 3.05) is 0 Å². The number of nitrogens with zero attached hydrogens (tertiary/aromatic N) is 4.